The van der Waals surface area contributed by atoms with Crippen LogP contribution in [0.15, 0.2) is 65.8 Å². The van der Waals surface area contributed by atoms with E-state index in [2.05, 4.69) is 33.6 Å². The molecule has 142 valence electrons. The molecule has 0 aromatic heterocycles. The van der Waals surface area contributed by atoms with Gasteiger partial charge in [0.2, 0.25) is 5.91 Å². The average Bonchev–Trinajstić information content (AvgIpc) is 3.24. The zero-order valence-corrected chi connectivity index (χ0v) is 15.6. The van der Waals surface area contributed by atoms with Crippen LogP contribution in [0.2, 0.25) is 0 Å². The summed E-state index contributed by atoms with van der Waals surface area (Å²) in [6.07, 6.45) is 4.31. The van der Waals surface area contributed by atoms with Crippen molar-refractivity contribution in [1.29, 1.82) is 0 Å². The van der Waals surface area contributed by atoms with Crippen LogP contribution in [-0.4, -0.2) is 25.2 Å². The van der Waals surface area contributed by atoms with Gasteiger partial charge in [0.15, 0.2) is 0 Å². The first-order chi connectivity index (χ1) is 13.7. The minimum Gasteiger partial charge on any atom is -0.371 e. The molecule has 4 rings (SSSR count). The fourth-order valence-electron chi connectivity index (χ4n) is 3.65. The molecule has 3 aromatic rings. The molecular weight excluding hydrogens is 353 g/mol. The van der Waals surface area contributed by atoms with Gasteiger partial charge in [-0.15, -0.1) is 0 Å². The number of anilines is 1. The molecule has 1 heterocycles. The Hall–Kier alpha value is -3.21. The number of hydrazone groups is 1. The molecule has 0 aliphatic carbocycles. The normalized spacial score (nSPS) is 14.1. The van der Waals surface area contributed by atoms with Gasteiger partial charge in [0, 0.05) is 29.7 Å². The van der Waals surface area contributed by atoms with Crippen LogP contribution in [0.3, 0.4) is 0 Å². The lowest BCUT2D eigenvalue weighted by molar-refractivity contribution is -0.120. The van der Waals surface area contributed by atoms with E-state index in [1.165, 1.54) is 36.0 Å². The van der Waals surface area contributed by atoms with E-state index < -0.39 is 0 Å². The Balaban J connectivity index is 1.49. The second-order valence-electron chi connectivity index (χ2n) is 7.01. The summed E-state index contributed by atoms with van der Waals surface area (Å²) in [5.41, 5.74) is 5.51. The fraction of sp³-hybridized carbons (Fsp3) is 0.217. The van der Waals surface area contributed by atoms with E-state index in [0.717, 1.165) is 29.6 Å². The highest BCUT2D eigenvalue weighted by atomic mass is 19.1. The lowest BCUT2D eigenvalue weighted by Gasteiger charge is -2.20. The Labute approximate surface area is 163 Å². The quantitative estimate of drug-likeness (QED) is 0.535. The van der Waals surface area contributed by atoms with E-state index in [1.54, 1.807) is 18.3 Å². The molecule has 0 unspecified atom stereocenters. The number of benzene rings is 3. The summed E-state index contributed by atoms with van der Waals surface area (Å²) in [4.78, 5) is 14.5. The van der Waals surface area contributed by atoms with Gasteiger partial charge in [0.1, 0.15) is 5.82 Å². The van der Waals surface area contributed by atoms with Gasteiger partial charge in [0.25, 0.3) is 0 Å². The maximum atomic E-state index is 12.9. The Bertz CT molecular complexity index is 1010. The summed E-state index contributed by atoms with van der Waals surface area (Å²) in [6, 6.07) is 18.4. The lowest BCUT2D eigenvalue weighted by atomic mass is 10.0. The van der Waals surface area contributed by atoms with Crippen molar-refractivity contribution in [2.24, 2.45) is 5.10 Å². The van der Waals surface area contributed by atoms with Crippen LogP contribution in [0.5, 0.6) is 0 Å². The topological polar surface area (TPSA) is 44.7 Å². The molecular formula is C23H22FN3O. The summed E-state index contributed by atoms with van der Waals surface area (Å²) in [5, 5.41) is 6.43. The third-order valence-electron chi connectivity index (χ3n) is 5.05. The molecule has 28 heavy (non-hydrogen) atoms. The number of carbonyl (C=O) groups is 1. The van der Waals surface area contributed by atoms with Crippen LogP contribution in [0.25, 0.3) is 10.8 Å². The molecule has 0 spiro atoms. The monoisotopic (exact) mass is 375 g/mol. The van der Waals surface area contributed by atoms with Gasteiger partial charge in [-0.2, -0.15) is 5.10 Å². The minimum absolute atomic E-state index is 0.159. The molecule has 0 radical (unpaired) electrons. The van der Waals surface area contributed by atoms with Crippen LogP contribution in [0.4, 0.5) is 10.1 Å². The van der Waals surface area contributed by atoms with Gasteiger partial charge in [-0.3, -0.25) is 4.79 Å². The third kappa shape index (κ3) is 4.03. The van der Waals surface area contributed by atoms with Crippen molar-refractivity contribution in [3.05, 3.63) is 77.6 Å². The van der Waals surface area contributed by atoms with Gasteiger partial charge in [-0.1, -0.05) is 42.5 Å². The van der Waals surface area contributed by atoms with E-state index >= 15 is 0 Å². The highest BCUT2D eigenvalue weighted by molar-refractivity contribution is 6.05. The second kappa shape index (κ2) is 8.21. The van der Waals surface area contributed by atoms with Crippen LogP contribution in [0.1, 0.15) is 24.0 Å². The number of halogens is 1. The van der Waals surface area contributed by atoms with E-state index in [4.69, 9.17) is 0 Å². The molecule has 1 N–H and O–H groups in total. The van der Waals surface area contributed by atoms with Gasteiger partial charge in [-0.05, 0) is 42.0 Å². The first-order valence-electron chi connectivity index (χ1n) is 9.54. The molecule has 0 saturated carbocycles. The summed E-state index contributed by atoms with van der Waals surface area (Å²) >= 11 is 0. The largest absolute Gasteiger partial charge is 0.371 e. The van der Waals surface area contributed by atoms with Gasteiger partial charge in [0.05, 0.1) is 12.6 Å². The number of carbonyl (C=O) groups excluding carboxylic acids is 1. The molecule has 1 saturated heterocycles. The Morgan fingerprint density at radius 3 is 2.46 bits per heavy atom. The van der Waals surface area contributed by atoms with E-state index in [-0.39, 0.29) is 18.1 Å². The predicted molar refractivity (Wildman–Crippen MR) is 111 cm³/mol. The molecule has 5 heteroatoms. The van der Waals surface area contributed by atoms with Gasteiger partial charge < -0.3 is 4.90 Å². The summed E-state index contributed by atoms with van der Waals surface area (Å²) in [7, 11) is 0. The van der Waals surface area contributed by atoms with Crippen LogP contribution < -0.4 is 10.3 Å². The molecule has 1 fully saturated rings. The van der Waals surface area contributed by atoms with Gasteiger partial charge >= 0.3 is 0 Å². The number of rotatable bonds is 5. The highest BCUT2D eigenvalue weighted by Gasteiger charge is 2.15. The molecule has 1 aliphatic rings. The molecule has 0 atom stereocenters. The Morgan fingerprint density at radius 1 is 1.00 bits per heavy atom. The smallest absolute Gasteiger partial charge is 0.244 e. The predicted octanol–water partition coefficient (Wildman–Crippen LogP) is 4.27. The van der Waals surface area contributed by atoms with E-state index in [9.17, 15) is 9.18 Å². The molecule has 0 bridgehead atoms. The summed E-state index contributed by atoms with van der Waals surface area (Å²) < 4.78 is 12.9. The van der Waals surface area contributed by atoms with Crippen molar-refractivity contribution in [3.8, 4) is 0 Å². The average molecular weight is 375 g/mol. The number of hydrogen-bond acceptors (Lipinski definition) is 3. The van der Waals surface area contributed by atoms with Crippen molar-refractivity contribution in [3.63, 3.8) is 0 Å². The van der Waals surface area contributed by atoms with Crippen LogP contribution in [-0.2, 0) is 11.2 Å². The number of hydrogen-bond donors (Lipinski definition) is 1. The second-order valence-corrected chi connectivity index (χ2v) is 7.01. The third-order valence-corrected chi connectivity index (χ3v) is 5.05. The van der Waals surface area contributed by atoms with Crippen LogP contribution >= 0.6 is 0 Å². The highest BCUT2D eigenvalue weighted by Crippen LogP contribution is 2.31. The Morgan fingerprint density at radius 2 is 1.71 bits per heavy atom. The van der Waals surface area contributed by atoms with E-state index in [1.807, 2.05) is 18.2 Å². The maximum absolute atomic E-state index is 12.9. The summed E-state index contributed by atoms with van der Waals surface area (Å²) in [6.45, 7) is 2.19. The molecule has 1 amide bonds. The van der Waals surface area contributed by atoms with Crippen molar-refractivity contribution in [1.82, 2.24) is 5.43 Å². The number of fused-ring (bicyclic) bond motifs is 1. The van der Waals surface area contributed by atoms with Crippen molar-refractivity contribution >= 4 is 28.6 Å². The first kappa shape index (κ1) is 18.2. The minimum atomic E-state index is -0.313. The lowest BCUT2D eigenvalue weighted by Crippen LogP contribution is -2.20. The zero-order valence-electron chi connectivity index (χ0n) is 15.6. The van der Waals surface area contributed by atoms with Crippen molar-refractivity contribution < 1.29 is 9.18 Å². The van der Waals surface area contributed by atoms with Crippen LogP contribution in [0, 0.1) is 5.82 Å². The number of nitrogens with zero attached hydrogens (tertiary/aromatic N) is 2. The zero-order chi connectivity index (χ0) is 19.3. The Kier molecular flexibility index (Phi) is 5.33. The van der Waals surface area contributed by atoms with Crippen molar-refractivity contribution in [2.75, 3.05) is 18.0 Å². The molecule has 1 aliphatic heterocycles. The van der Waals surface area contributed by atoms with Crippen molar-refractivity contribution in [2.45, 2.75) is 19.3 Å². The standard InChI is InChI=1S/C23H22FN3O/c24-19-10-7-17(8-11-19)15-23(28)26-25-16-18-9-12-22(27-13-3-4-14-27)21-6-2-1-5-20(18)21/h1-2,5-12,16H,3-4,13-15H2,(H,26,28)/b25-16+. The first-order valence-corrected chi connectivity index (χ1v) is 9.54. The fourth-order valence-corrected chi connectivity index (χ4v) is 3.65. The summed E-state index contributed by atoms with van der Waals surface area (Å²) in [5.74, 6) is -0.549. The molecule has 4 nitrogen and oxygen atoms in total. The number of nitrogens with one attached hydrogen (secondary N) is 1. The van der Waals surface area contributed by atoms with E-state index in [0.29, 0.717) is 0 Å². The molecule has 3 aromatic carbocycles. The van der Waals surface area contributed by atoms with Gasteiger partial charge in [-0.25, -0.2) is 9.82 Å². The maximum Gasteiger partial charge on any atom is 0.244 e. The SMILES string of the molecule is O=C(Cc1ccc(F)cc1)N/N=C/c1ccc(N2CCCC2)c2ccccc12. The number of amides is 1.